The van der Waals surface area contributed by atoms with Crippen LogP contribution in [0.1, 0.15) is 22.4 Å². The first-order valence-corrected chi connectivity index (χ1v) is 7.69. The van der Waals surface area contributed by atoms with E-state index in [1.54, 1.807) is 13.0 Å². The summed E-state index contributed by atoms with van der Waals surface area (Å²) in [6.45, 7) is 5.95. The predicted molar refractivity (Wildman–Crippen MR) is 93.4 cm³/mol. The van der Waals surface area contributed by atoms with Crippen LogP contribution in [0.2, 0.25) is 0 Å². The van der Waals surface area contributed by atoms with Gasteiger partial charge in [-0.15, -0.1) is 0 Å². The highest BCUT2D eigenvalue weighted by molar-refractivity contribution is 5.80. The molecular weight excluding hydrogens is 304 g/mol. The van der Waals surface area contributed by atoms with E-state index in [0.717, 1.165) is 33.5 Å². The lowest BCUT2D eigenvalue weighted by atomic mass is 10.0. The van der Waals surface area contributed by atoms with Crippen molar-refractivity contribution in [3.05, 3.63) is 75.0 Å². The standard InChI is InChI=1S/C19H18N2O3/c1-12-4-9-19(21(22)23)14(3)17(12)11-24-16-7-8-18-15(10-16)6-5-13(2)20-18/h4-10H,11H2,1-3H3. The lowest BCUT2D eigenvalue weighted by molar-refractivity contribution is -0.385. The van der Waals surface area contributed by atoms with Gasteiger partial charge in [0.05, 0.1) is 10.4 Å². The van der Waals surface area contributed by atoms with Gasteiger partial charge in [0, 0.05) is 28.3 Å². The molecule has 0 spiro atoms. The summed E-state index contributed by atoms with van der Waals surface area (Å²) in [6.07, 6.45) is 0. The van der Waals surface area contributed by atoms with Crippen LogP contribution in [0.4, 0.5) is 5.69 Å². The maximum Gasteiger partial charge on any atom is 0.272 e. The molecule has 122 valence electrons. The van der Waals surface area contributed by atoms with Crippen LogP contribution in [0.3, 0.4) is 0 Å². The Balaban J connectivity index is 1.87. The number of aryl methyl sites for hydroxylation is 2. The van der Waals surface area contributed by atoms with Gasteiger partial charge in [0.2, 0.25) is 0 Å². The first-order chi connectivity index (χ1) is 11.5. The number of hydrogen-bond acceptors (Lipinski definition) is 4. The van der Waals surface area contributed by atoms with Gasteiger partial charge in [-0.2, -0.15) is 0 Å². The SMILES string of the molecule is Cc1ccc2cc(OCc3c(C)ccc([N+](=O)[O-])c3C)ccc2n1. The number of ether oxygens (including phenoxy) is 1. The van der Waals surface area contributed by atoms with Crippen molar-refractivity contribution in [2.45, 2.75) is 27.4 Å². The summed E-state index contributed by atoms with van der Waals surface area (Å²) in [7, 11) is 0. The van der Waals surface area contributed by atoms with E-state index in [-0.39, 0.29) is 10.6 Å². The van der Waals surface area contributed by atoms with Gasteiger partial charge in [-0.1, -0.05) is 12.1 Å². The number of hydrogen-bond donors (Lipinski definition) is 0. The zero-order chi connectivity index (χ0) is 17.3. The van der Waals surface area contributed by atoms with Gasteiger partial charge in [0.1, 0.15) is 12.4 Å². The quantitative estimate of drug-likeness (QED) is 0.518. The minimum Gasteiger partial charge on any atom is -0.489 e. The highest BCUT2D eigenvalue weighted by atomic mass is 16.6. The van der Waals surface area contributed by atoms with E-state index in [1.807, 2.05) is 44.2 Å². The molecule has 0 N–H and O–H groups in total. The highest BCUT2D eigenvalue weighted by Crippen LogP contribution is 2.26. The fraction of sp³-hybridized carbons (Fsp3) is 0.211. The Labute approximate surface area is 140 Å². The summed E-state index contributed by atoms with van der Waals surface area (Å²) in [6, 6.07) is 13.0. The molecule has 0 atom stereocenters. The van der Waals surface area contributed by atoms with Crippen LogP contribution in [0, 0.1) is 30.9 Å². The van der Waals surface area contributed by atoms with E-state index < -0.39 is 0 Å². The average molecular weight is 322 g/mol. The molecule has 2 aromatic carbocycles. The number of pyridine rings is 1. The summed E-state index contributed by atoms with van der Waals surface area (Å²) >= 11 is 0. The molecule has 5 nitrogen and oxygen atoms in total. The van der Waals surface area contributed by atoms with Crippen LogP contribution in [0.15, 0.2) is 42.5 Å². The van der Waals surface area contributed by atoms with Gasteiger partial charge in [0.25, 0.3) is 5.69 Å². The second-order valence-electron chi connectivity index (χ2n) is 5.86. The number of aromatic nitrogens is 1. The van der Waals surface area contributed by atoms with Gasteiger partial charge in [-0.3, -0.25) is 15.1 Å². The molecule has 24 heavy (non-hydrogen) atoms. The van der Waals surface area contributed by atoms with E-state index in [1.165, 1.54) is 6.07 Å². The molecule has 5 heteroatoms. The number of nitro groups is 1. The summed E-state index contributed by atoms with van der Waals surface area (Å²) in [5.74, 6) is 0.721. The topological polar surface area (TPSA) is 65.3 Å². The molecule has 0 aliphatic rings. The number of benzene rings is 2. The van der Waals surface area contributed by atoms with Crippen LogP contribution < -0.4 is 4.74 Å². The Morgan fingerprint density at radius 3 is 2.62 bits per heavy atom. The number of rotatable bonds is 4. The largest absolute Gasteiger partial charge is 0.489 e. The summed E-state index contributed by atoms with van der Waals surface area (Å²) in [5.41, 5.74) is 4.50. The minimum atomic E-state index is -0.359. The molecule has 0 fully saturated rings. The minimum absolute atomic E-state index is 0.123. The van der Waals surface area contributed by atoms with Crippen molar-refractivity contribution in [1.29, 1.82) is 0 Å². The molecule has 3 rings (SSSR count). The molecule has 3 aromatic rings. The number of fused-ring (bicyclic) bond motifs is 1. The first kappa shape index (κ1) is 15.9. The fourth-order valence-corrected chi connectivity index (χ4v) is 2.75. The third kappa shape index (κ3) is 3.06. The molecule has 1 aromatic heterocycles. The van der Waals surface area contributed by atoms with Gasteiger partial charge in [-0.05, 0) is 50.6 Å². The Bertz CT molecular complexity index is 935. The summed E-state index contributed by atoms with van der Waals surface area (Å²) < 4.78 is 5.88. The number of nitrogens with zero attached hydrogens (tertiary/aromatic N) is 2. The molecule has 0 saturated heterocycles. The molecule has 1 heterocycles. The third-order valence-electron chi connectivity index (χ3n) is 4.18. The van der Waals surface area contributed by atoms with Crippen molar-refractivity contribution in [3.8, 4) is 5.75 Å². The molecule has 0 saturated carbocycles. The monoisotopic (exact) mass is 322 g/mol. The molecular formula is C19H18N2O3. The van der Waals surface area contributed by atoms with E-state index in [9.17, 15) is 10.1 Å². The first-order valence-electron chi connectivity index (χ1n) is 7.69. The second-order valence-corrected chi connectivity index (χ2v) is 5.86. The average Bonchev–Trinajstić information content (AvgIpc) is 2.54. The van der Waals surface area contributed by atoms with E-state index in [4.69, 9.17) is 4.74 Å². The second kappa shape index (κ2) is 6.28. The van der Waals surface area contributed by atoms with Crippen LogP contribution in [0.25, 0.3) is 10.9 Å². The normalized spacial score (nSPS) is 10.8. The maximum atomic E-state index is 11.1. The fourth-order valence-electron chi connectivity index (χ4n) is 2.75. The summed E-state index contributed by atoms with van der Waals surface area (Å²) in [5, 5.41) is 12.1. The Kier molecular flexibility index (Phi) is 4.16. The zero-order valence-corrected chi connectivity index (χ0v) is 13.9. The maximum absolute atomic E-state index is 11.1. The van der Waals surface area contributed by atoms with Gasteiger partial charge in [0.15, 0.2) is 0 Å². The van der Waals surface area contributed by atoms with Crippen LogP contribution in [-0.2, 0) is 6.61 Å². The van der Waals surface area contributed by atoms with E-state index in [0.29, 0.717) is 12.2 Å². The van der Waals surface area contributed by atoms with Gasteiger partial charge >= 0.3 is 0 Å². The van der Waals surface area contributed by atoms with E-state index in [2.05, 4.69) is 4.98 Å². The molecule has 0 radical (unpaired) electrons. The lowest BCUT2D eigenvalue weighted by Gasteiger charge is -2.12. The van der Waals surface area contributed by atoms with E-state index >= 15 is 0 Å². The third-order valence-corrected chi connectivity index (χ3v) is 4.18. The van der Waals surface area contributed by atoms with Crippen molar-refractivity contribution >= 4 is 16.6 Å². The molecule has 0 unspecified atom stereocenters. The predicted octanol–water partition coefficient (Wildman–Crippen LogP) is 4.65. The molecule has 0 bridgehead atoms. The van der Waals surface area contributed by atoms with Crippen LogP contribution in [0.5, 0.6) is 5.75 Å². The Morgan fingerprint density at radius 2 is 1.88 bits per heavy atom. The van der Waals surface area contributed by atoms with Crippen molar-refractivity contribution < 1.29 is 9.66 Å². The van der Waals surface area contributed by atoms with Crippen LogP contribution in [-0.4, -0.2) is 9.91 Å². The molecule has 0 aliphatic heterocycles. The van der Waals surface area contributed by atoms with Gasteiger partial charge < -0.3 is 4.74 Å². The van der Waals surface area contributed by atoms with Crippen molar-refractivity contribution in [1.82, 2.24) is 4.98 Å². The van der Waals surface area contributed by atoms with Gasteiger partial charge in [-0.25, -0.2) is 0 Å². The molecule has 0 aliphatic carbocycles. The smallest absolute Gasteiger partial charge is 0.272 e. The van der Waals surface area contributed by atoms with Crippen LogP contribution >= 0.6 is 0 Å². The lowest BCUT2D eigenvalue weighted by Crippen LogP contribution is -2.03. The highest BCUT2D eigenvalue weighted by Gasteiger charge is 2.16. The summed E-state index contributed by atoms with van der Waals surface area (Å²) in [4.78, 5) is 15.2. The Hall–Kier alpha value is -2.95. The Morgan fingerprint density at radius 1 is 1.08 bits per heavy atom. The van der Waals surface area contributed by atoms with Crippen molar-refractivity contribution in [3.63, 3.8) is 0 Å². The number of nitro benzene ring substituents is 1. The zero-order valence-electron chi connectivity index (χ0n) is 13.9. The van der Waals surface area contributed by atoms with Crippen molar-refractivity contribution in [2.75, 3.05) is 0 Å². The van der Waals surface area contributed by atoms with Crippen molar-refractivity contribution in [2.24, 2.45) is 0 Å². The molecule has 0 amide bonds.